The lowest BCUT2D eigenvalue weighted by Gasteiger charge is -2.13. The van der Waals surface area contributed by atoms with Gasteiger partial charge >= 0.3 is 0 Å². The molecule has 0 saturated heterocycles. The van der Waals surface area contributed by atoms with Crippen molar-refractivity contribution < 1.29 is 14.2 Å². The second-order valence-corrected chi connectivity index (χ2v) is 12.0. The van der Waals surface area contributed by atoms with Crippen LogP contribution in [0.3, 0.4) is 0 Å². The summed E-state index contributed by atoms with van der Waals surface area (Å²) in [4.78, 5) is 27.6. The Morgan fingerprint density at radius 2 is 1.56 bits per heavy atom. The first-order valence-electron chi connectivity index (χ1n) is 16.7. The van der Waals surface area contributed by atoms with Gasteiger partial charge in [-0.15, -0.1) is 0 Å². The lowest BCUT2D eigenvalue weighted by molar-refractivity contribution is -0.246. The molecule has 8 nitrogen and oxygen atoms in total. The summed E-state index contributed by atoms with van der Waals surface area (Å²) >= 11 is 0. The summed E-state index contributed by atoms with van der Waals surface area (Å²) in [6, 6.07) is 28.7. The highest BCUT2D eigenvalue weighted by Gasteiger charge is 2.34. The minimum absolute atomic E-state index is 0.0780. The van der Waals surface area contributed by atoms with Gasteiger partial charge in [0.05, 0.1) is 12.2 Å². The SMILES string of the molecule is C=[N+]1C=Nc2c(c(-c3ccccc3)c(-c3ccccc3)n2Cc2cccc(C#CCCCCNC(=O)CCCCCCC(N)=O)c2)C1=N. The molecule has 4 aromatic rings. The molecule has 2 heterocycles. The molecular weight excluding hydrogens is 596 g/mol. The van der Waals surface area contributed by atoms with Crippen molar-refractivity contribution in [2.24, 2.45) is 10.7 Å². The smallest absolute Gasteiger partial charge is 0.271 e. The third-order valence-electron chi connectivity index (χ3n) is 8.32. The number of amidine groups is 1. The maximum absolute atomic E-state index is 12.1. The average molecular weight is 640 g/mol. The summed E-state index contributed by atoms with van der Waals surface area (Å²) in [5.74, 6) is 7.48. The lowest BCUT2D eigenvalue weighted by Crippen LogP contribution is -2.23. The van der Waals surface area contributed by atoms with Gasteiger partial charge in [-0.05, 0) is 54.5 Å². The average Bonchev–Trinajstić information content (AvgIpc) is 3.42. The number of hydrogen-bond acceptors (Lipinski definition) is 4. The van der Waals surface area contributed by atoms with E-state index < -0.39 is 0 Å². The van der Waals surface area contributed by atoms with Crippen molar-refractivity contribution in [3.05, 3.63) is 102 Å². The predicted octanol–water partition coefficient (Wildman–Crippen LogP) is 7.05. The third kappa shape index (κ3) is 8.83. The van der Waals surface area contributed by atoms with Crippen molar-refractivity contribution in [3.63, 3.8) is 0 Å². The number of carbonyl (C=O) groups excluding carboxylic acids is 2. The summed E-state index contributed by atoms with van der Waals surface area (Å²) in [5, 5.41) is 12.0. The van der Waals surface area contributed by atoms with Crippen LogP contribution < -0.4 is 11.1 Å². The summed E-state index contributed by atoms with van der Waals surface area (Å²) in [5.41, 5.74) is 12.0. The molecule has 0 saturated carbocycles. The topological polar surface area (TPSA) is 116 Å². The number of unbranched alkanes of at least 4 members (excludes halogenated alkanes) is 5. The molecule has 3 aromatic carbocycles. The number of nitrogens with two attached hydrogens (primary N) is 1. The monoisotopic (exact) mass is 639 g/mol. The van der Waals surface area contributed by atoms with Gasteiger partial charge in [-0.25, -0.2) is 4.58 Å². The van der Waals surface area contributed by atoms with E-state index in [9.17, 15) is 9.59 Å². The van der Waals surface area contributed by atoms with Crippen LogP contribution in [0.15, 0.2) is 89.9 Å². The Hall–Kier alpha value is -5.55. The van der Waals surface area contributed by atoms with Crippen LogP contribution in [0.25, 0.3) is 22.4 Å². The number of nitrogens with zero attached hydrogens (tertiary/aromatic N) is 3. The van der Waals surface area contributed by atoms with Gasteiger partial charge in [0.1, 0.15) is 5.56 Å². The van der Waals surface area contributed by atoms with Gasteiger partial charge in [-0.3, -0.25) is 9.59 Å². The zero-order chi connectivity index (χ0) is 33.7. The molecule has 4 N–H and O–H groups in total. The molecule has 0 radical (unpaired) electrons. The second-order valence-electron chi connectivity index (χ2n) is 12.0. The van der Waals surface area contributed by atoms with Gasteiger partial charge in [-0.2, -0.15) is 5.41 Å². The molecular formula is C40H43N6O2+. The number of aromatic nitrogens is 1. The molecule has 1 aromatic heterocycles. The van der Waals surface area contributed by atoms with E-state index in [4.69, 9.17) is 16.1 Å². The number of primary amides is 1. The molecule has 0 fully saturated rings. The first-order valence-corrected chi connectivity index (χ1v) is 16.7. The summed E-state index contributed by atoms with van der Waals surface area (Å²) in [6.07, 6.45) is 8.55. The molecule has 1 aliphatic heterocycles. The Morgan fingerprint density at radius 1 is 0.854 bits per heavy atom. The molecule has 0 spiro atoms. The zero-order valence-electron chi connectivity index (χ0n) is 27.4. The lowest BCUT2D eigenvalue weighted by atomic mass is 9.96. The Balaban J connectivity index is 1.24. The summed E-state index contributed by atoms with van der Waals surface area (Å²) in [7, 11) is 0. The van der Waals surface area contributed by atoms with Gasteiger partial charge in [0.25, 0.3) is 5.84 Å². The van der Waals surface area contributed by atoms with Crippen LogP contribution in [0.5, 0.6) is 0 Å². The first kappa shape index (κ1) is 33.8. The van der Waals surface area contributed by atoms with Crippen LogP contribution in [0.1, 0.15) is 74.5 Å². The quantitative estimate of drug-likeness (QED) is 0.0735. The van der Waals surface area contributed by atoms with Crippen molar-refractivity contribution >= 4 is 36.5 Å². The van der Waals surface area contributed by atoms with Gasteiger partial charge in [0.15, 0.2) is 0 Å². The van der Waals surface area contributed by atoms with E-state index in [0.717, 1.165) is 89.8 Å². The number of hydrogen-bond donors (Lipinski definition) is 3. The number of nitrogens with one attached hydrogen (secondary N) is 2. The van der Waals surface area contributed by atoms with Crippen LogP contribution in [-0.4, -0.2) is 46.4 Å². The van der Waals surface area contributed by atoms with E-state index in [1.54, 1.807) is 6.34 Å². The van der Waals surface area contributed by atoms with Gasteiger partial charge in [0, 0.05) is 43.7 Å². The van der Waals surface area contributed by atoms with Crippen LogP contribution in [-0.2, 0) is 16.1 Å². The van der Waals surface area contributed by atoms with Crippen molar-refractivity contribution in [1.82, 2.24) is 9.88 Å². The normalized spacial score (nSPS) is 11.9. The number of amides is 2. The number of rotatable bonds is 15. The standard InChI is InChI=1S/C40H42N6O2/c1-45-29-44-40-37(39(45)42)36(32-20-9-6-10-21-32)38(33-22-11-7-12-23-33)46(40)28-31-19-16-18-30(27-31)17-8-4-5-15-26-43-35(48)25-14-3-2-13-24-34(41)47/h6-7,9-12,16,18-23,27,29,42H,1-5,13-15,24-26,28H2,(H2-,41,43,47,48)/p+1. The molecule has 48 heavy (non-hydrogen) atoms. The van der Waals surface area contributed by atoms with Crippen molar-refractivity contribution in [1.29, 1.82) is 5.41 Å². The van der Waals surface area contributed by atoms with Crippen LogP contribution in [0.2, 0.25) is 0 Å². The number of carbonyl (C=O) groups is 2. The van der Waals surface area contributed by atoms with Crippen molar-refractivity contribution in [2.45, 2.75) is 64.3 Å². The maximum atomic E-state index is 12.1. The number of aliphatic imine (C=N–C) groups is 1. The highest BCUT2D eigenvalue weighted by Crippen LogP contribution is 2.44. The van der Waals surface area contributed by atoms with Crippen molar-refractivity contribution in [3.8, 4) is 34.2 Å². The van der Waals surface area contributed by atoms with E-state index in [2.05, 4.69) is 64.8 Å². The molecule has 244 valence electrons. The molecule has 8 heteroatoms. The predicted molar refractivity (Wildman–Crippen MR) is 194 cm³/mol. The van der Waals surface area contributed by atoms with Crippen LogP contribution in [0, 0.1) is 17.3 Å². The highest BCUT2D eigenvalue weighted by atomic mass is 16.1. The molecule has 2 amide bonds. The van der Waals surface area contributed by atoms with E-state index in [1.165, 1.54) is 4.58 Å². The Labute approximate surface area is 282 Å². The molecule has 0 atom stereocenters. The van der Waals surface area contributed by atoms with Crippen molar-refractivity contribution in [2.75, 3.05) is 6.54 Å². The highest BCUT2D eigenvalue weighted by molar-refractivity contribution is 6.10. The summed E-state index contributed by atoms with van der Waals surface area (Å²) in [6.45, 7) is 5.22. The molecule has 1 aliphatic rings. The minimum Gasteiger partial charge on any atom is -0.370 e. The van der Waals surface area contributed by atoms with E-state index in [1.807, 2.05) is 48.5 Å². The number of fused-ring (bicyclic) bond motifs is 1. The second kappa shape index (κ2) is 16.8. The largest absolute Gasteiger partial charge is 0.370 e. The van der Waals surface area contributed by atoms with E-state index >= 15 is 0 Å². The molecule has 0 aliphatic carbocycles. The summed E-state index contributed by atoms with van der Waals surface area (Å²) < 4.78 is 3.72. The fourth-order valence-electron chi connectivity index (χ4n) is 5.91. The first-order chi connectivity index (χ1) is 23.4. The number of benzene rings is 3. The fourth-order valence-corrected chi connectivity index (χ4v) is 5.91. The zero-order valence-corrected chi connectivity index (χ0v) is 27.4. The van der Waals surface area contributed by atoms with Gasteiger partial charge < -0.3 is 15.6 Å². The molecule has 5 rings (SSSR count). The molecule has 0 bridgehead atoms. The third-order valence-corrected chi connectivity index (χ3v) is 8.32. The van der Waals surface area contributed by atoms with Crippen LogP contribution in [0.4, 0.5) is 5.82 Å². The van der Waals surface area contributed by atoms with Gasteiger partial charge in [0.2, 0.25) is 24.0 Å². The molecule has 0 unspecified atom stereocenters. The van der Waals surface area contributed by atoms with E-state index in [-0.39, 0.29) is 11.8 Å². The maximum Gasteiger partial charge on any atom is 0.271 e. The Kier molecular flexibility index (Phi) is 11.9. The van der Waals surface area contributed by atoms with E-state index in [0.29, 0.717) is 31.8 Å². The van der Waals surface area contributed by atoms with Gasteiger partial charge in [-0.1, -0.05) is 102 Å². The minimum atomic E-state index is -0.266. The fraction of sp³-hybridized carbons (Fsp3) is 0.275. The van der Waals surface area contributed by atoms with Crippen LogP contribution >= 0.6 is 0 Å². The Morgan fingerprint density at radius 3 is 2.29 bits per heavy atom. The Bertz CT molecular complexity index is 1860.